The molecule has 0 radical (unpaired) electrons. The first kappa shape index (κ1) is 7.39. The van der Waals surface area contributed by atoms with E-state index < -0.39 is 0 Å². The Balaban J connectivity index is 2.90. The van der Waals surface area contributed by atoms with E-state index in [0.29, 0.717) is 0 Å². The smallest absolute Gasteiger partial charge is 0.0383 e. The molecule has 10 heavy (non-hydrogen) atoms. The fraction of sp³-hybridized carbons (Fsp3) is 0.556. The summed E-state index contributed by atoms with van der Waals surface area (Å²) in [6.45, 7) is 7.63. The first-order chi connectivity index (χ1) is 4.61. The standard InChI is InChI=1S/C9H15N/c1-7-5-10(4)6-8(2)9(7)3/h5H,6H2,1-4H3. The van der Waals surface area contributed by atoms with Crippen LogP contribution < -0.4 is 0 Å². The van der Waals surface area contributed by atoms with Crippen LogP contribution in [0.15, 0.2) is 22.9 Å². The molecule has 0 aromatic heterocycles. The lowest BCUT2D eigenvalue weighted by atomic mass is 10.0. The molecule has 1 aliphatic rings. The van der Waals surface area contributed by atoms with Gasteiger partial charge in [0.2, 0.25) is 0 Å². The van der Waals surface area contributed by atoms with E-state index in [4.69, 9.17) is 0 Å². The van der Waals surface area contributed by atoms with Gasteiger partial charge in [-0.15, -0.1) is 0 Å². The summed E-state index contributed by atoms with van der Waals surface area (Å²) >= 11 is 0. The van der Waals surface area contributed by atoms with Gasteiger partial charge in [-0.25, -0.2) is 0 Å². The molecule has 1 nitrogen and oxygen atoms in total. The van der Waals surface area contributed by atoms with Gasteiger partial charge in [-0.3, -0.25) is 0 Å². The second kappa shape index (κ2) is 2.49. The number of nitrogens with zero attached hydrogens (tertiary/aromatic N) is 1. The molecule has 0 aromatic carbocycles. The van der Waals surface area contributed by atoms with Gasteiger partial charge in [-0.05, 0) is 31.9 Å². The quantitative estimate of drug-likeness (QED) is 0.494. The minimum absolute atomic E-state index is 1.09. The summed E-state index contributed by atoms with van der Waals surface area (Å²) in [5.41, 5.74) is 4.34. The molecule has 0 bridgehead atoms. The lowest BCUT2D eigenvalue weighted by molar-refractivity contribution is 0.482. The molecule has 0 fully saturated rings. The Bertz CT molecular complexity index is 199. The molecule has 0 amide bonds. The van der Waals surface area contributed by atoms with Gasteiger partial charge in [0.25, 0.3) is 0 Å². The van der Waals surface area contributed by atoms with Crippen LogP contribution in [0, 0.1) is 0 Å². The highest BCUT2D eigenvalue weighted by molar-refractivity contribution is 5.34. The monoisotopic (exact) mass is 137 g/mol. The number of allylic oxidation sites excluding steroid dienone is 2. The number of hydrogen-bond donors (Lipinski definition) is 0. The maximum atomic E-state index is 2.22. The van der Waals surface area contributed by atoms with Gasteiger partial charge in [0.15, 0.2) is 0 Å². The Hall–Kier alpha value is -0.720. The van der Waals surface area contributed by atoms with E-state index in [-0.39, 0.29) is 0 Å². The highest BCUT2D eigenvalue weighted by Gasteiger charge is 2.07. The van der Waals surface area contributed by atoms with Crippen molar-refractivity contribution in [1.29, 1.82) is 0 Å². The van der Waals surface area contributed by atoms with Crippen molar-refractivity contribution in [3.63, 3.8) is 0 Å². The van der Waals surface area contributed by atoms with Crippen molar-refractivity contribution in [2.75, 3.05) is 13.6 Å². The molecule has 0 N–H and O–H groups in total. The third-order valence-corrected chi connectivity index (χ3v) is 2.13. The van der Waals surface area contributed by atoms with Crippen LogP contribution in [0.4, 0.5) is 0 Å². The Kier molecular flexibility index (Phi) is 1.84. The first-order valence-electron chi connectivity index (χ1n) is 3.66. The molecule has 0 aliphatic carbocycles. The predicted octanol–water partition coefficient (Wildman–Crippen LogP) is 2.17. The third kappa shape index (κ3) is 1.23. The second-order valence-electron chi connectivity index (χ2n) is 3.13. The average Bonchev–Trinajstić information content (AvgIpc) is 1.82. The number of rotatable bonds is 0. The van der Waals surface area contributed by atoms with Gasteiger partial charge < -0.3 is 4.90 Å². The molecule has 1 aliphatic heterocycles. The van der Waals surface area contributed by atoms with Gasteiger partial charge >= 0.3 is 0 Å². The average molecular weight is 137 g/mol. The Labute approximate surface area is 63.0 Å². The Morgan fingerprint density at radius 3 is 2.40 bits per heavy atom. The van der Waals surface area contributed by atoms with Crippen molar-refractivity contribution in [2.24, 2.45) is 0 Å². The van der Waals surface area contributed by atoms with Crippen LogP contribution in [0.3, 0.4) is 0 Å². The van der Waals surface area contributed by atoms with E-state index in [1.54, 1.807) is 0 Å². The molecule has 1 rings (SSSR count). The normalized spacial score (nSPS) is 19.6. The van der Waals surface area contributed by atoms with Gasteiger partial charge in [0.1, 0.15) is 0 Å². The van der Waals surface area contributed by atoms with Crippen molar-refractivity contribution < 1.29 is 0 Å². The van der Waals surface area contributed by atoms with Crippen molar-refractivity contribution in [3.05, 3.63) is 22.9 Å². The molecule has 0 spiro atoms. The summed E-state index contributed by atoms with van der Waals surface area (Å²) in [6.07, 6.45) is 2.20. The molecule has 0 aromatic rings. The molecule has 0 saturated carbocycles. The second-order valence-corrected chi connectivity index (χ2v) is 3.13. The van der Waals surface area contributed by atoms with Crippen LogP contribution in [0.1, 0.15) is 20.8 Å². The maximum absolute atomic E-state index is 2.22. The van der Waals surface area contributed by atoms with E-state index in [1.165, 1.54) is 16.7 Å². The van der Waals surface area contributed by atoms with Gasteiger partial charge in [0.05, 0.1) is 0 Å². The predicted molar refractivity (Wildman–Crippen MR) is 44.8 cm³/mol. The van der Waals surface area contributed by atoms with Gasteiger partial charge in [-0.2, -0.15) is 0 Å². The fourth-order valence-corrected chi connectivity index (χ4v) is 1.30. The molecule has 0 saturated heterocycles. The van der Waals surface area contributed by atoms with E-state index in [1.807, 2.05) is 0 Å². The van der Waals surface area contributed by atoms with Crippen LogP contribution >= 0.6 is 0 Å². The van der Waals surface area contributed by atoms with Crippen LogP contribution in [0.2, 0.25) is 0 Å². The van der Waals surface area contributed by atoms with Crippen LogP contribution in [0.25, 0.3) is 0 Å². The molecule has 1 heterocycles. The number of hydrogen-bond acceptors (Lipinski definition) is 1. The summed E-state index contributed by atoms with van der Waals surface area (Å²) in [6, 6.07) is 0. The topological polar surface area (TPSA) is 3.24 Å². The minimum Gasteiger partial charge on any atom is -0.376 e. The first-order valence-corrected chi connectivity index (χ1v) is 3.66. The molecular formula is C9H15N. The molecule has 0 atom stereocenters. The van der Waals surface area contributed by atoms with Gasteiger partial charge in [-0.1, -0.05) is 5.57 Å². The summed E-state index contributed by atoms with van der Waals surface area (Å²) in [7, 11) is 2.11. The molecule has 56 valence electrons. The maximum Gasteiger partial charge on any atom is 0.0383 e. The Morgan fingerprint density at radius 1 is 1.30 bits per heavy atom. The minimum atomic E-state index is 1.09. The highest BCUT2D eigenvalue weighted by Crippen LogP contribution is 2.19. The van der Waals surface area contributed by atoms with E-state index >= 15 is 0 Å². The largest absolute Gasteiger partial charge is 0.376 e. The molecule has 0 unspecified atom stereocenters. The summed E-state index contributed by atoms with van der Waals surface area (Å²) < 4.78 is 0. The van der Waals surface area contributed by atoms with E-state index in [2.05, 4.69) is 38.9 Å². The SMILES string of the molecule is CC1=CN(C)CC(C)=C1C. The third-order valence-electron chi connectivity index (χ3n) is 2.13. The zero-order chi connectivity index (χ0) is 7.72. The fourth-order valence-electron chi connectivity index (χ4n) is 1.30. The van der Waals surface area contributed by atoms with Crippen LogP contribution in [-0.2, 0) is 0 Å². The Morgan fingerprint density at radius 2 is 1.90 bits per heavy atom. The number of likely N-dealkylation sites (N-methyl/N-ethyl adjacent to an activating group) is 1. The zero-order valence-electron chi connectivity index (χ0n) is 7.23. The van der Waals surface area contributed by atoms with Crippen molar-refractivity contribution in [3.8, 4) is 0 Å². The van der Waals surface area contributed by atoms with E-state index in [9.17, 15) is 0 Å². The van der Waals surface area contributed by atoms with Crippen molar-refractivity contribution in [2.45, 2.75) is 20.8 Å². The zero-order valence-corrected chi connectivity index (χ0v) is 7.23. The van der Waals surface area contributed by atoms with Crippen LogP contribution in [-0.4, -0.2) is 18.5 Å². The van der Waals surface area contributed by atoms with Crippen molar-refractivity contribution >= 4 is 0 Å². The van der Waals surface area contributed by atoms with Crippen LogP contribution in [0.5, 0.6) is 0 Å². The summed E-state index contributed by atoms with van der Waals surface area (Å²) in [4.78, 5) is 2.22. The van der Waals surface area contributed by atoms with E-state index in [0.717, 1.165) is 6.54 Å². The lowest BCUT2D eigenvalue weighted by Crippen LogP contribution is -2.18. The molecular weight excluding hydrogens is 122 g/mol. The summed E-state index contributed by atoms with van der Waals surface area (Å²) in [5, 5.41) is 0. The van der Waals surface area contributed by atoms with Crippen molar-refractivity contribution in [1.82, 2.24) is 4.90 Å². The highest BCUT2D eigenvalue weighted by atomic mass is 15.1. The molecule has 1 heteroatoms. The lowest BCUT2D eigenvalue weighted by Gasteiger charge is -2.23. The van der Waals surface area contributed by atoms with Gasteiger partial charge in [0, 0.05) is 19.8 Å². The summed E-state index contributed by atoms with van der Waals surface area (Å²) in [5.74, 6) is 0.